The quantitative estimate of drug-likeness (QED) is 0.325. The molecule has 1 fully saturated rings. The van der Waals surface area contributed by atoms with Crippen molar-refractivity contribution in [1.29, 1.82) is 0 Å². The fraction of sp³-hybridized carbons (Fsp3) is 0.355. The van der Waals surface area contributed by atoms with Crippen LogP contribution in [0.5, 0.6) is 11.5 Å². The van der Waals surface area contributed by atoms with E-state index in [4.69, 9.17) is 4.74 Å². The SMILES string of the molecule is COc1ccc([C@@H](C(=O)NC2CCCCC2)N(C(=O)Cn2nnc3ccccc32)c2cc(C)cc(C)c2)cc1O. The number of benzene rings is 3. The third kappa shape index (κ3) is 5.78. The van der Waals surface area contributed by atoms with Crippen molar-refractivity contribution in [2.24, 2.45) is 0 Å². The van der Waals surface area contributed by atoms with Gasteiger partial charge in [0.1, 0.15) is 18.1 Å². The van der Waals surface area contributed by atoms with Gasteiger partial charge in [0.15, 0.2) is 11.5 Å². The van der Waals surface area contributed by atoms with Crippen LogP contribution in [-0.2, 0) is 16.1 Å². The second-order valence-electron chi connectivity index (χ2n) is 10.5. The van der Waals surface area contributed by atoms with Crippen LogP contribution in [0.1, 0.15) is 54.8 Å². The van der Waals surface area contributed by atoms with Gasteiger partial charge in [0.25, 0.3) is 0 Å². The van der Waals surface area contributed by atoms with Gasteiger partial charge in [-0.15, -0.1) is 5.10 Å². The van der Waals surface area contributed by atoms with Crippen LogP contribution >= 0.6 is 0 Å². The minimum Gasteiger partial charge on any atom is -0.504 e. The van der Waals surface area contributed by atoms with Crippen molar-refractivity contribution in [3.05, 3.63) is 77.4 Å². The Labute approximate surface area is 233 Å². The van der Waals surface area contributed by atoms with E-state index in [0.717, 1.165) is 48.7 Å². The smallest absolute Gasteiger partial charge is 0.249 e. The van der Waals surface area contributed by atoms with Crippen LogP contribution in [0.15, 0.2) is 60.7 Å². The molecule has 0 radical (unpaired) electrons. The number of aryl methyl sites for hydroxylation is 2. The van der Waals surface area contributed by atoms with Gasteiger partial charge in [-0.1, -0.05) is 48.7 Å². The summed E-state index contributed by atoms with van der Waals surface area (Å²) in [7, 11) is 1.47. The topological polar surface area (TPSA) is 110 Å². The van der Waals surface area contributed by atoms with E-state index in [1.165, 1.54) is 18.1 Å². The molecule has 0 bridgehead atoms. The molecule has 0 saturated heterocycles. The van der Waals surface area contributed by atoms with Gasteiger partial charge >= 0.3 is 0 Å². The highest BCUT2D eigenvalue weighted by atomic mass is 16.5. The van der Waals surface area contributed by atoms with Crippen LogP contribution in [0.2, 0.25) is 0 Å². The number of anilines is 1. The molecule has 4 aromatic rings. The largest absolute Gasteiger partial charge is 0.504 e. The van der Waals surface area contributed by atoms with E-state index in [9.17, 15) is 14.7 Å². The molecule has 1 heterocycles. The summed E-state index contributed by atoms with van der Waals surface area (Å²) in [5.41, 5.74) is 4.39. The van der Waals surface area contributed by atoms with Crippen LogP contribution in [0.25, 0.3) is 11.0 Å². The molecule has 208 valence electrons. The lowest BCUT2D eigenvalue weighted by Gasteiger charge is -2.34. The Bertz CT molecular complexity index is 1510. The Morgan fingerprint density at radius 3 is 2.48 bits per heavy atom. The number of rotatable bonds is 8. The molecule has 9 nitrogen and oxygen atoms in total. The number of hydrogen-bond donors (Lipinski definition) is 2. The molecule has 40 heavy (non-hydrogen) atoms. The summed E-state index contributed by atoms with van der Waals surface area (Å²) < 4.78 is 6.80. The summed E-state index contributed by atoms with van der Waals surface area (Å²) in [6.07, 6.45) is 5.06. The Hall–Kier alpha value is -4.40. The second kappa shape index (κ2) is 11.8. The van der Waals surface area contributed by atoms with E-state index in [-0.39, 0.29) is 35.9 Å². The number of carbonyl (C=O) groups excluding carboxylic acids is 2. The molecule has 0 aliphatic heterocycles. The maximum Gasteiger partial charge on any atom is 0.249 e. The molecule has 2 N–H and O–H groups in total. The van der Waals surface area contributed by atoms with E-state index in [1.54, 1.807) is 16.8 Å². The van der Waals surface area contributed by atoms with E-state index in [1.807, 2.05) is 56.3 Å². The van der Waals surface area contributed by atoms with Gasteiger partial charge in [-0.3, -0.25) is 14.5 Å². The van der Waals surface area contributed by atoms with Crippen molar-refractivity contribution >= 4 is 28.5 Å². The summed E-state index contributed by atoms with van der Waals surface area (Å²) in [5, 5.41) is 22.3. The maximum absolute atomic E-state index is 14.3. The van der Waals surface area contributed by atoms with Gasteiger partial charge in [-0.05, 0) is 79.8 Å². The monoisotopic (exact) mass is 541 g/mol. The van der Waals surface area contributed by atoms with Crippen molar-refractivity contribution in [3.63, 3.8) is 0 Å². The average Bonchev–Trinajstić information content (AvgIpc) is 3.34. The third-order valence-corrected chi connectivity index (χ3v) is 7.44. The molecule has 1 aliphatic rings. The lowest BCUT2D eigenvalue weighted by molar-refractivity contribution is -0.127. The minimum absolute atomic E-state index is 0.0334. The third-order valence-electron chi connectivity index (χ3n) is 7.44. The predicted octanol–water partition coefficient (Wildman–Crippen LogP) is 4.99. The van der Waals surface area contributed by atoms with E-state index in [0.29, 0.717) is 16.8 Å². The van der Waals surface area contributed by atoms with Gasteiger partial charge in [0, 0.05) is 11.7 Å². The first-order valence-corrected chi connectivity index (χ1v) is 13.7. The van der Waals surface area contributed by atoms with Gasteiger partial charge in [-0.2, -0.15) is 0 Å². The number of amides is 2. The summed E-state index contributed by atoms with van der Waals surface area (Å²) in [5.74, 6) is -0.453. The first-order valence-electron chi connectivity index (χ1n) is 13.7. The average molecular weight is 542 g/mol. The summed E-state index contributed by atoms with van der Waals surface area (Å²) in [6, 6.07) is 17.1. The van der Waals surface area contributed by atoms with Gasteiger partial charge in [0.05, 0.1) is 12.6 Å². The summed E-state index contributed by atoms with van der Waals surface area (Å²) in [4.78, 5) is 29.9. The number of hydrogen-bond acceptors (Lipinski definition) is 6. The van der Waals surface area contributed by atoms with Gasteiger partial charge < -0.3 is 15.2 Å². The van der Waals surface area contributed by atoms with E-state index in [2.05, 4.69) is 15.6 Å². The molecule has 1 aromatic heterocycles. The number of carbonyl (C=O) groups is 2. The zero-order valence-corrected chi connectivity index (χ0v) is 23.1. The summed E-state index contributed by atoms with van der Waals surface area (Å²) >= 11 is 0. The number of phenols is 1. The van der Waals surface area contributed by atoms with Crippen LogP contribution in [0.3, 0.4) is 0 Å². The molecular formula is C31H35N5O4. The van der Waals surface area contributed by atoms with Crippen LogP contribution in [0.4, 0.5) is 5.69 Å². The Morgan fingerprint density at radius 1 is 1.05 bits per heavy atom. The van der Waals surface area contributed by atoms with Crippen LogP contribution in [0, 0.1) is 13.8 Å². The fourth-order valence-corrected chi connectivity index (χ4v) is 5.59. The second-order valence-corrected chi connectivity index (χ2v) is 10.5. The predicted molar refractivity (Wildman–Crippen MR) is 153 cm³/mol. The number of aromatic hydroxyl groups is 1. The minimum atomic E-state index is -1.04. The molecule has 1 atom stereocenters. The number of nitrogens with zero attached hydrogens (tertiary/aromatic N) is 4. The van der Waals surface area contributed by atoms with Crippen LogP contribution in [-0.4, -0.2) is 45.1 Å². The molecule has 0 spiro atoms. The number of aromatic nitrogens is 3. The number of ether oxygens (including phenoxy) is 1. The Morgan fingerprint density at radius 2 is 1.77 bits per heavy atom. The van der Waals surface area contributed by atoms with Crippen molar-refractivity contribution in [3.8, 4) is 11.5 Å². The maximum atomic E-state index is 14.3. The molecule has 2 amide bonds. The van der Waals surface area contributed by atoms with Crippen molar-refractivity contribution in [1.82, 2.24) is 20.3 Å². The molecule has 0 unspecified atom stereocenters. The normalized spacial score (nSPS) is 14.6. The number of fused-ring (bicyclic) bond motifs is 1. The zero-order chi connectivity index (χ0) is 28.2. The standard InChI is InChI=1S/C31H35N5O4/c1-20-15-21(2)17-24(16-20)36(29(38)19-35-26-12-8-7-11-25(26)33-34-35)30(22-13-14-28(40-3)27(37)18-22)31(39)32-23-9-5-4-6-10-23/h7-8,11-18,23,30,37H,4-6,9-10,19H2,1-3H3,(H,32,39)/t30-/m0/s1. The van der Waals surface area contributed by atoms with Crippen molar-refractivity contribution in [2.45, 2.75) is 64.6 Å². The Balaban J connectivity index is 1.61. The molecule has 9 heteroatoms. The fourth-order valence-electron chi connectivity index (χ4n) is 5.59. The van der Waals surface area contributed by atoms with Gasteiger partial charge in [-0.25, -0.2) is 4.68 Å². The lowest BCUT2D eigenvalue weighted by Crippen LogP contribution is -2.48. The number of nitrogens with one attached hydrogen (secondary N) is 1. The highest BCUT2D eigenvalue weighted by Gasteiger charge is 2.35. The first kappa shape index (κ1) is 27.2. The van der Waals surface area contributed by atoms with Crippen molar-refractivity contribution in [2.75, 3.05) is 12.0 Å². The number of para-hydroxylation sites is 1. The number of phenolic OH excluding ortho intramolecular Hbond substituents is 1. The van der Waals surface area contributed by atoms with E-state index < -0.39 is 6.04 Å². The first-order chi connectivity index (χ1) is 19.3. The molecule has 1 aliphatic carbocycles. The van der Waals surface area contributed by atoms with E-state index >= 15 is 0 Å². The van der Waals surface area contributed by atoms with Crippen molar-refractivity contribution < 1.29 is 19.4 Å². The number of methoxy groups -OCH3 is 1. The highest BCUT2D eigenvalue weighted by Crippen LogP contribution is 2.35. The zero-order valence-electron chi connectivity index (χ0n) is 23.1. The van der Waals surface area contributed by atoms with Crippen LogP contribution < -0.4 is 15.0 Å². The Kier molecular flexibility index (Phi) is 8.00. The lowest BCUT2D eigenvalue weighted by atomic mass is 9.94. The van der Waals surface area contributed by atoms with Gasteiger partial charge in [0.2, 0.25) is 11.8 Å². The molecule has 3 aromatic carbocycles. The molecular weight excluding hydrogens is 506 g/mol. The highest BCUT2D eigenvalue weighted by molar-refractivity contribution is 6.01. The molecule has 1 saturated carbocycles. The summed E-state index contributed by atoms with van der Waals surface area (Å²) in [6.45, 7) is 3.80. The molecule has 5 rings (SSSR count).